The normalized spacial score (nSPS) is 16.0. The molecule has 7 nitrogen and oxygen atoms in total. The molecule has 1 atom stereocenters. The lowest BCUT2D eigenvalue weighted by Crippen LogP contribution is -2.32. The summed E-state index contributed by atoms with van der Waals surface area (Å²) in [7, 11) is 3.17. The molecular formula is C23H25N3O4. The molecule has 4 rings (SSSR count). The predicted octanol–water partition coefficient (Wildman–Crippen LogP) is 3.97. The van der Waals surface area contributed by atoms with E-state index in [2.05, 4.69) is 10.1 Å². The van der Waals surface area contributed by atoms with Gasteiger partial charge in [-0.25, -0.2) is 0 Å². The largest absolute Gasteiger partial charge is 0.493 e. The molecule has 7 heteroatoms. The summed E-state index contributed by atoms with van der Waals surface area (Å²) >= 11 is 0. The van der Waals surface area contributed by atoms with Crippen molar-refractivity contribution in [1.29, 1.82) is 0 Å². The number of ether oxygens (including phenoxy) is 2. The molecule has 0 spiro atoms. The van der Waals surface area contributed by atoms with Gasteiger partial charge in [-0.1, -0.05) is 41.1 Å². The fourth-order valence-electron chi connectivity index (χ4n) is 3.78. The Hall–Kier alpha value is -3.35. The van der Waals surface area contributed by atoms with E-state index >= 15 is 0 Å². The van der Waals surface area contributed by atoms with Crippen molar-refractivity contribution in [2.24, 2.45) is 0 Å². The van der Waals surface area contributed by atoms with Gasteiger partial charge in [-0.05, 0) is 37.5 Å². The van der Waals surface area contributed by atoms with Gasteiger partial charge in [0.25, 0.3) is 0 Å². The molecule has 2 aromatic carbocycles. The first-order valence-corrected chi connectivity index (χ1v) is 10.00. The second-order valence-electron chi connectivity index (χ2n) is 7.43. The van der Waals surface area contributed by atoms with E-state index in [0.29, 0.717) is 29.8 Å². The smallest absolute Gasteiger partial charge is 0.249 e. The number of carbonyl (C=O) groups excluding carboxylic acids is 1. The van der Waals surface area contributed by atoms with Crippen LogP contribution >= 0.6 is 0 Å². The van der Waals surface area contributed by atoms with Gasteiger partial charge in [0.15, 0.2) is 11.5 Å². The number of nitrogens with zero attached hydrogens (tertiary/aromatic N) is 3. The van der Waals surface area contributed by atoms with Crippen molar-refractivity contribution in [2.45, 2.75) is 32.2 Å². The molecule has 1 aliphatic heterocycles. The van der Waals surface area contributed by atoms with Crippen molar-refractivity contribution in [1.82, 2.24) is 15.0 Å². The maximum absolute atomic E-state index is 13.0. The molecule has 156 valence electrons. The van der Waals surface area contributed by atoms with E-state index in [-0.39, 0.29) is 18.4 Å². The molecule has 1 saturated heterocycles. The standard InChI is InChI=1S/C23H25N3O4/c1-15-6-9-17(10-7-15)22-24-23(30-25-22)18-5-4-12-26(18)21(27)14-16-8-11-19(28-2)20(13-16)29-3/h6-11,13,18H,4-5,12,14H2,1-3H3/t18-/m0/s1. The Morgan fingerprint density at radius 1 is 1.13 bits per heavy atom. The summed E-state index contributed by atoms with van der Waals surface area (Å²) in [6.07, 6.45) is 1.99. The number of carbonyl (C=O) groups is 1. The van der Waals surface area contributed by atoms with E-state index in [9.17, 15) is 4.79 Å². The van der Waals surface area contributed by atoms with Gasteiger partial charge >= 0.3 is 0 Å². The molecule has 1 aliphatic rings. The number of methoxy groups -OCH3 is 2. The third-order valence-corrected chi connectivity index (χ3v) is 5.41. The van der Waals surface area contributed by atoms with Gasteiger partial charge < -0.3 is 18.9 Å². The summed E-state index contributed by atoms with van der Waals surface area (Å²) in [6.45, 7) is 2.71. The van der Waals surface area contributed by atoms with Crippen molar-refractivity contribution in [2.75, 3.05) is 20.8 Å². The Labute approximate surface area is 175 Å². The third kappa shape index (κ3) is 4.01. The second-order valence-corrected chi connectivity index (χ2v) is 7.43. The van der Waals surface area contributed by atoms with Crippen LogP contribution in [0.25, 0.3) is 11.4 Å². The van der Waals surface area contributed by atoms with Crippen molar-refractivity contribution in [3.63, 3.8) is 0 Å². The van der Waals surface area contributed by atoms with Gasteiger partial charge in [0.2, 0.25) is 17.6 Å². The second kappa shape index (κ2) is 8.57. The average Bonchev–Trinajstić information content (AvgIpc) is 3.43. The van der Waals surface area contributed by atoms with Crippen LogP contribution in [0.4, 0.5) is 0 Å². The van der Waals surface area contributed by atoms with Crippen molar-refractivity contribution >= 4 is 5.91 Å². The molecule has 2 heterocycles. The van der Waals surface area contributed by atoms with Gasteiger partial charge in [-0.15, -0.1) is 0 Å². The number of rotatable bonds is 6. The Kier molecular flexibility index (Phi) is 5.70. The van der Waals surface area contributed by atoms with Gasteiger partial charge in [0.05, 0.1) is 20.6 Å². The molecule has 0 bridgehead atoms. The van der Waals surface area contributed by atoms with E-state index < -0.39 is 0 Å². The summed E-state index contributed by atoms with van der Waals surface area (Å²) in [5.41, 5.74) is 2.94. The highest BCUT2D eigenvalue weighted by Gasteiger charge is 2.34. The third-order valence-electron chi connectivity index (χ3n) is 5.41. The van der Waals surface area contributed by atoms with Crippen molar-refractivity contribution in [3.8, 4) is 22.9 Å². The molecule has 1 fully saturated rings. The van der Waals surface area contributed by atoms with Crippen LogP contribution in [0.15, 0.2) is 47.0 Å². The molecule has 3 aromatic rings. The topological polar surface area (TPSA) is 77.7 Å². The van der Waals surface area contributed by atoms with Crippen molar-refractivity contribution in [3.05, 3.63) is 59.5 Å². The van der Waals surface area contributed by atoms with Crippen LogP contribution in [0.3, 0.4) is 0 Å². The predicted molar refractivity (Wildman–Crippen MR) is 111 cm³/mol. The minimum absolute atomic E-state index is 0.0276. The van der Waals surface area contributed by atoms with Crippen molar-refractivity contribution < 1.29 is 18.8 Å². The number of hydrogen-bond donors (Lipinski definition) is 0. The number of likely N-dealkylation sites (tertiary alicyclic amines) is 1. The molecule has 30 heavy (non-hydrogen) atoms. The van der Waals surface area contributed by atoms with Crippen LogP contribution in [0.1, 0.15) is 35.9 Å². The lowest BCUT2D eigenvalue weighted by molar-refractivity contribution is -0.131. The van der Waals surface area contributed by atoms with Gasteiger partial charge in [-0.3, -0.25) is 4.79 Å². The fourth-order valence-corrected chi connectivity index (χ4v) is 3.78. The van der Waals surface area contributed by atoms with E-state index in [0.717, 1.165) is 24.0 Å². The molecule has 0 N–H and O–H groups in total. The van der Waals surface area contributed by atoms with E-state index in [1.807, 2.05) is 54.3 Å². The van der Waals surface area contributed by atoms with Crippen LogP contribution in [0.5, 0.6) is 11.5 Å². The monoisotopic (exact) mass is 407 g/mol. The molecular weight excluding hydrogens is 382 g/mol. The highest BCUT2D eigenvalue weighted by Crippen LogP contribution is 2.33. The Morgan fingerprint density at radius 2 is 1.90 bits per heavy atom. The van der Waals surface area contributed by atoms with Gasteiger partial charge in [0, 0.05) is 12.1 Å². The highest BCUT2D eigenvalue weighted by molar-refractivity contribution is 5.79. The zero-order valence-electron chi connectivity index (χ0n) is 17.4. The number of amides is 1. The Morgan fingerprint density at radius 3 is 2.63 bits per heavy atom. The number of aromatic nitrogens is 2. The lowest BCUT2D eigenvalue weighted by Gasteiger charge is -2.22. The highest BCUT2D eigenvalue weighted by atomic mass is 16.5. The summed E-state index contributed by atoms with van der Waals surface area (Å²) in [5.74, 6) is 2.32. The zero-order valence-corrected chi connectivity index (χ0v) is 17.4. The maximum Gasteiger partial charge on any atom is 0.249 e. The zero-order chi connectivity index (χ0) is 21.1. The van der Waals surface area contributed by atoms with E-state index in [1.54, 1.807) is 14.2 Å². The Balaban J connectivity index is 1.50. The molecule has 0 radical (unpaired) electrons. The fraction of sp³-hybridized carbons (Fsp3) is 0.348. The summed E-state index contributed by atoms with van der Waals surface area (Å²) in [6, 6.07) is 13.3. The Bertz CT molecular complexity index is 1030. The van der Waals surface area contributed by atoms with Gasteiger partial charge in [-0.2, -0.15) is 4.98 Å². The van der Waals surface area contributed by atoms with Gasteiger partial charge in [0.1, 0.15) is 6.04 Å². The van der Waals surface area contributed by atoms with E-state index in [1.165, 1.54) is 5.56 Å². The molecule has 0 saturated carbocycles. The van der Waals surface area contributed by atoms with Crippen LogP contribution < -0.4 is 9.47 Å². The number of benzene rings is 2. The van der Waals surface area contributed by atoms with Crippen LogP contribution in [0, 0.1) is 6.92 Å². The SMILES string of the molecule is COc1ccc(CC(=O)N2CCC[C@H]2c2nc(-c3ccc(C)cc3)no2)cc1OC. The first kappa shape index (κ1) is 19.9. The van der Waals surface area contributed by atoms with Crippen LogP contribution in [-0.2, 0) is 11.2 Å². The van der Waals surface area contributed by atoms with E-state index in [4.69, 9.17) is 14.0 Å². The summed E-state index contributed by atoms with van der Waals surface area (Å²) in [4.78, 5) is 19.4. The first-order chi connectivity index (χ1) is 14.6. The molecule has 0 aliphatic carbocycles. The number of aryl methyl sites for hydroxylation is 1. The first-order valence-electron chi connectivity index (χ1n) is 10.00. The summed E-state index contributed by atoms with van der Waals surface area (Å²) < 4.78 is 16.2. The molecule has 1 amide bonds. The number of hydrogen-bond acceptors (Lipinski definition) is 6. The van der Waals surface area contributed by atoms with Crippen LogP contribution in [0.2, 0.25) is 0 Å². The maximum atomic E-state index is 13.0. The minimum atomic E-state index is -0.190. The quantitative estimate of drug-likeness (QED) is 0.615. The molecule has 0 unspecified atom stereocenters. The summed E-state index contributed by atoms with van der Waals surface area (Å²) in [5, 5.41) is 4.13. The molecule has 1 aromatic heterocycles. The van der Waals surface area contributed by atoms with Crippen LogP contribution in [-0.4, -0.2) is 41.7 Å². The average molecular weight is 407 g/mol. The minimum Gasteiger partial charge on any atom is -0.493 e. The lowest BCUT2D eigenvalue weighted by atomic mass is 10.1.